The van der Waals surface area contributed by atoms with Crippen molar-refractivity contribution < 1.29 is 14.3 Å². The van der Waals surface area contributed by atoms with E-state index in [-0.39, 0.29) is 18.6 Å². The predicted molar refractivity (Wildman–Crippen MR) is 78.9 cm³/mol. The zero-order valence-corrected chi connectivity index (χ0v) is 12.5. The summed E-state index contributed by atoms with van der Waals surface area (Å²) in [7, 11) is 3.85. The number of nitrogens with one attached hydrogen (secondary N) is 1. The maximum absolute atomic E-state index is 11.8. The van der Waals surface area contributed by atoms with E-state index < -0.39 is 5.97 Å². The summed E-state index contributed by atoms with van der Waals surface area (Å²) in [6.45, 7) is 3.63. The van der Waals surface area contributed by atoms with Gasteiger partial charge in [-0.25, -0.2) is 4.79 Å². The Morgan fingerprint density at radius 3 is 2.35 bits per heavy atom. The molecule has 5 nitrogen and oxygen atoms in total. The summed E-state index contributed by atoms with van der Waals surface area (Å²) in [6.07, 6.45) is 0.839. The smallest absolute Gasteiger partial charge is 0.338 e. The van der Waals surface area contributed by atoms with Crippen LogP contribution in [0.4, 0.5) is 5.69 Å². The van der Waals surface area contributed by atoms with Crippen molar-refractivity contribution in [3.8, 4) is 0 Å². The minimum Gasteiger partial charge on any atom is -0.452 e. The highest BCUT2D eigenvalue weighted by molar-refractivity contribution is 5.91. The minimum absolute atomic E-state index is 0.0839. The van der Waals surface area contributed by atoms with Crippen molar-refractivity contribution in [1.29, 1.82) is 0 Å². The van der Waals surface area contributed by atoms with E-state index in [1.165, 1.54) is 0 Å². The third-order valence-electron chi connectivity index (χ3n) is 2.97. The second-order valence-electron chi connectivity index (χ2n) is 4.89. The molecule has 0 spiro atoms. The number of ether oxygens (including phenoxy) is 1. The van der Waals surface area contributed by atoms with Gasteiger partial charge in [0.1, 0.15) is 0 Å². The summed E-state index contributed by atoms with van der Waals surface area (Å²) in [5.41, 5.74) is 1.43. The van der Waals surface area contributed by atoms with E-state index in [2.05, 4.69) is 5.32 Å². The molecule has 0 bridgehead atoms. The van der Waals surface area contributed by atoms with Crippen molar-refractivity contribution in [1.82, 2.24) is 5.32 Å². The van der Waals surface area contributed by atoms with Crippen LogP contribution in [-0.2, 0) is 9.53 Å². The Kier molecular flexibility index (Phi) is 6.03. The van der Waals surface area contributed by atoms with Crippen LogP contribution in [0.25, 0.3) is 0 Å². The summed E-state index contributed by atoms with van der Waals surface area (Å²) in [5.74, 6) is -0.771. The average molecular weight is 278 g/mol. The van der Waals surface area contributed by atoms with E-state index >= 15 is 0 Å². The highest BCUT2D eigenvalue weighted by Crippen LogP contribution is 2.12. The number of anilines is 1. The molecule has 1 aromatic carbocycles. The average Bonchev–Trinajstić information content (AvgIpc) is 2.44. The van der Waals surface area contributed by atoms with Gasteiger partial charge in [0.05, 0.1) is 5.56 Å². The van der Waals surface area contributed by atoms with Gasteiger partial charge in [-0.3, -0.25) is 4.79 Å². The van der Waals surface area contributed by atoms with Crippen LogP contribution in [0.1, 0.15) is 30.6 Å². The first-order valence-electron chi connectivity index (χ1n) is 6.68. The fourth-order valence-electron chi connectivity index (χ4n) is 1.53. The maximum atomic E-state index is 11.8. The zero-order chi connectivity index (χ0) is 15.1. The Hall–Kier alpha value is -2.04. The maximum Gasteiger partial charge on any atom is 0.338 e. The van der Waals surface area contributed by atoms with Crippen LogP contribution in [-0.4, -0.2) is 38.6 Å². The van der Waals surface area contributed by atoms with Crippen molar-refractivity contribution in [2.45, 2.75) is 26.3 Å². The lowest BCUT2D eigenvalue weighted by Gasteiger charge is -2.13. The number of hydrogen-bond donors (Lipinski definition) is 1. The second-order valence-corrected chi connectivity index (χ2v) is 4.89. The molecular formula is C15H22N2O3. The van der Waals surface area contributed by atoms with E-state index in [1.54, 1.807) is 12.1 Å². The van der Waals surface area contributed by atoms with Gasteiger partial charge in [0.25, 0.3) is 5.91 Å². The molecule has 1 amide bonds. The normalized spacial score (nSPS) is 11.6. The molecule has 0 aliphatic heterocycles. The molecule has 20 heavy (non-hydrogen) atoms. The molecule has 0 radical (unpaired) electrons. The predicted octanol–water partition coefficient (Wildman–Crippen LogP) is 1.82. The standard InChI is InChI=1S/C15H22N2O3/c1-5-11(2)16-14(18)10-20-15(19)12-6-8-13(9-7-12)17(3)4/h6-9,11H,5,10H2,1-4H3,(H,16,18)/t11-/m1/s1. The SMILES string of the molecule is CC[C@@H](C)NC(=O)COC(=O)c1ccc(N(C)C)cc1. The number of carbonyl (C=O) groups excluding carboxylic acids is 2. The van der Waals surface area contributed by atoms with Crippen molar-refractivity contribution in [2.75, 3.05) is 25.6 Å². The Bertz CT molecular complexity index is 455. The summed E-state index contributed by atoms with van der Waals surface area (Å²) in [4.78, 5) is 25.2. The molecule has 0 heterocycles. The van der Waals surface area contributed by atoms with Crippen molar-refractivity contribution >= 4 is 17.6 Å². The Labute approximate surface area is 119 Å². The Balaban J connectivity index is 2.48. The molecule has 0 aromatic heterocycles. The fraction of sp³-hybridized carbons (Fsp3) is 0.467. The monoisotopic (exact) mass is 278 g/mol. The van der Waals surface area contributed by atoms with Crippen molar-refractivity contribution in [3.63, 3.8) is 0 Å². The van der Waals surface area contributed by atoms with Crippen molar-refractivity contribution in [3.05, 3.63) is 29.8 Å². The lowest BCUT2D eigenvalue weighted by atomic mass is 10.2. The molecule has 0 unspecified atom stereocenters. The van der Waals surface area contributed by atoms with Crippen molar-refractivity contribution in [2.24, 2.45) is 0 Å². The van der Waals surface area contributed by atoms with Gasteiger partial charge in [0.15, 0.2) is 6.61 Å². The van der Waals surface area contributed by atoms with Crippen LogP contribution >= 0.6 is 0 Å². The molecule has 0 fully saturated rings. The first-order valence-corrected chi connectivity index (χ1v) is 6.68. The molecule has 0 aliphatic rings. The minimum atomic E-state index is -0.491. The van der Waals surface area contributed by atoms with Gasteiger partial charge in [-0.05, 0) is 37.6 Å². The van der Waals surface area contributed by atoms with Crippen LogP contribution in [0.3, 0.4) is 0 Å². The molecule has 1 rings (SSSR count). The summed E-state index contributed by atoms with van der Waals surface area (Å²) in [6, 6.07) is 7.11. The summed E-state index contributed by atoms with van der Waals surface area (Å²) < 4.78 is 4.97. The third-order valence-corrected chi connectivity index (χ3v) is 2.97. The van der Waals surface area contributed by atoms with Crippen LogP contribution in [0, 0.1) is 0 Å². The molecule has 1 aromatic rings. The van der Waals surface area contributed by atoms with Gasteiger partial charge in [-0.15, -0.1) is 0 Å². The molecule has 0 aliphatic carbocycles. The van der Waals surface area contributed by atoms with E-state index in [0.29, 0.717) is 5.56 Å². The number of rotatable bonds is 6. The van der Waals surface area contributed by atoms with Gasteiger partial charge >= 0.3 is 5.97 Å². The highest BCUT2D eigenvalue weighted by atomic mass is 16.5. The van der Waals surface area contributed by atoms with E-state index in [9.17, 15) is 9.59 Å². The second kappa shape index (κ2) is 7.53. The molecule has 0 saturated heterocycles. The summed E-state index contributed by atoms with van der Waals surface area (Å²) in [5, 5.41) is 2.74. The number of amides is 1. The topological polar surface area (TPSA) is 58.6 Å². The number of hydrogen-bond acceptors (Lipinski definition) is 4. The van der Waals surface area contributed by atoms with E-state index in [1.807, 2.05) is 45.0 Å². The fourth-order valence-corrected chi connectivity index (χ4v) is 1.53. The van der Waals surface area contributed by atoms with Gasteiger partial charge in [-0.1, -0.05) is 6.92 Å². The van der Waals surface area contributed by atoms with E-state index in [0.717, 1.165) is 12.1 Å². The first kappa shape index (κ1) is 16.0. The molecule has 1 atom stereocenters. The van der Waals surface area contributed by atoms with Crippen LogP contribution in [0.15, 0.2) is 24.3 Å². The molecule has 1 N–H and O–H groups in total. The third kappa shape index (κ3) is 4.91. The van der Waals surface area contributed by atoms with E-state index in [4.69, 9.17) is 4.74 Å². The summed E-state index contributed by atoms with van der Waals surface area (Å²) >= 11 is 0. The number of benzene rings is 1. The Morgan fingerprint density at radius 1 is 1.25 bits per heavy atom. The van der Waals surface area contributed by atoms with Gasteiger partial charge in [0.2, 0.25) is 0 Å². The largest absolute Gasteiger partial charge is 0.452 e. The quantitative estimate of drug-likeness (QED) is 0.806. The molecular weight excluding hydrogens is 256 g/mol. The lowest BCUT2D eigenvalue weighted by molar-refractivity contribution is -0.124. The van der Waals surface area contributed by atoms with Gasteiger partial charge in [-0.2, -0.15) is 0 Å². The Morgan fingerprint density at radius 2 is 1.85 bits per heavy atom. The number of esters is 1. The van der Waals surface area contributed by atoms with Gasteiger partial charge in [0, 0.05) is 25.8 Å². The first-order chi connectivity index (χ1) is 9.43. The van der Waals surface area contributed by atoms with Crippen LogP contribution in [0.5, 0.6) is 0 Å². The molecule has 5 heteroatoms. The van der Waals surface area contributed by atoms with Crippen LogP contribution in [0.2, 0.25) is 0 Å². The zero-order valence-electron chi connectivity index (χ0n) is 12.5. The molecule has 110 valence electrons. The van der Waals surface area contributed by atoms with Gasteiger partial charge < -0.3 is 15.0 Å². The number of nitrogens with zero attached hydrogens (tertiary/aromatic N) is 1. The lowest BCUT2D eigenvalue weighted by Crippen LogP contribution is -2.35. The molecule has 0 saturated carbocycles. The highest BCUT2D eigenvalue weighted by Gasteiger charge is 2.11. The van der Waals surface area contributed by atoms with Crippen LogP contribution < -0.4 is 10.2 Å². The number of carbonyl (C=O) groups is 2.